The minimum atomic E-state index is -0.904. The lowest BCUT2D eigenvalue weighted by Crippen LogP contribution is -2.40. The summed E-state index contributed by atoms with van der Waals surface area (Å²) in [4.78, 5) is 12.0. The Labute approximate surface area is 114 Å². The highest BCUT2D eigenvalue weighted by Crippen LogP contribution is 2.27. The first-order valence-corrected chi connectivity index (χ1v) is 6.24. The molecule has 2 aromatic carbocycles. The molecule has 3 nitrogen and oxygen atoms in total. The molecule has 0 saturated carbocycles. The Bertz CT molecular complexity index is 673. The fraction of sp³-hybridized carbons (Fsp3) is 0.133. The quantitative estimate of drug-likeness (QED) is 0.884. The van der Waals surface area contributed by atoms with Crippen molar-refractivity contribution in [3.8, 4) is 0 Å². The van der Waals surface area contributed by atoms with Crippen molar-refractivity contribution in [2.45, 2.75) is 12.5 Å². The maximum absolute atomic E-state index is 13.2. The summed E-state index contributed by atoms with van der Waals surface area (Å²) in [6, 6.07) is 10.5. The number of carbonyl (C=O) groups excluding carboxylic acids is 1. The van der Waals surface area contributed by atoms with E-state index < -0.39 is 17.7 Å². The summed E-state index contributed by atoms with van der Waals surface area (Å²) in [7, 11) is 0. The molecule has 0 aromatic heterocycles. The molecule has 20 heavy (non-hydrogen) atoms. The number of para-hydroxylation sites is 2. The Balaban J connectivity index is 1.81. The van der Waals surface area contributed by atoms with Crippen molar-refractivity contribution in [2.75, 3.05) is 10.6 Å². The van der Waals surface area contributed by atoms with Crippen molar-refractivity contribution in [1.82, 2.24) is 0 Å². The van der Waals surface area contributed by atoms with Gasteiger partial charge in [-0.3, -0.25) is 4.79 Å². The van der Waals surface area contributed by atoms with Crippen LogP contribution < -0.4 is 10.6 Å². The summed E-state index contributed by atoms with van der Waals surface area (Å²) in [5.41, 5.74) is 2.11. The molecule has 1 amide bonds. The number of amides is 1. The molecule has 1 aliphatic heterocycles. The first-order chi connectivity index (χ1) is 9.63. The highest BCUT2D eigenvalue weighted by molar-refractivity contribution is 6.03. The Morgan fingerprint density at radius 1 is 1.00 bits per heavy atom. The summed E-state index contributed by atoms with van der Waals surface area (Å²) in [6.45, 7) is 0. The van der Waals surface area contributed by atoms with Crippen LogP contribution in [0.4, 0.5) is 20.2 Å². The second-order valence-electron chi connectivity index (χ2n) is 4.68. The zero-order valence-corrected chi connectivity index (χ0v) is 10.5. The average molecular weight is 274 g/mol. The van der Waals surface area contributed by atoms with Gasteiger partial charge in [-0.2, -0.15) is 0 Å². The molecular formula is C15H12F2N2O. The third-order valence-electron chi connectivity index (χ3n) is 3.25. The Morgan fingerprint density at radius 3 is 2.50 bits per heavy atom. The van der Waals surface area contributed by atoms with Crippen LogP contribution in [0, 0.1) is 11.6 Å². The van der Waals surface area contributed by atoms with E-state index in [0.29, 0.717) is 5.56 Å². The fourth-order valence-electron chi connectivity index (χ4n) is 2.24. The first-order valence-electron chi connectivity index (χ1n) is 6.24. The van der Waals surface area contributed by atoms with Gasteiger partial charge in [-0.05, 0) is 29.8 Å². The number of carbonyl (C=O) groups is 1. The van der Waals surface area contributed by atoms with Crippen LogP contribution in [0.15, 0.2) is 42.5 Å². The molecule has 0 unspecified atom stereocenters. The highest BCUT2D eigenvalue weighted by atomic mass is 19.2. The van der Waals surface area contributed by atoms with E-state index in [0.717, 1.165) is 23.5 Å². The van der Waals surface area contributed by atoms with Crippen molar-refractivity contribution in [2.24, 2.45) is 0 Å². The molecule has 2 aromatic rings. The molecule has 5 heteroatoms. The van der Waals surface area contributed by atoms with Gasteiger partial charge in [0.15, 0.2) is 11.6 Å². The third kappa shape index (κ3) is 2.34. The van der Waals surface area contributed by atoms with Crippen LogP contribution >= 0.6 is 0 Å². The molecule has 1 aliphatic rings. The predicted octanol–water partition coefficient (Wildman–Crippen LogP) is 2.94. The minimum absolute atomic E-state index is 0.187. The van der Waals surface area contributed by atoms with E-state index >= 15 is 0 Å². The number of rotatable bonds is 2. The second-order valence-corrected chi connectivity index (χ2v) is 4.68. The fourth-order valence-corrected chi connectivity index (χ4v) is 2.24. The van der Waals surface area contributed by atoms with Gasteiger partial charge in [-0.25, -0.2) is 8.78 Å². The van der Waals surface area contributed by atoms with Gasteiger partial charge >= 0.3 is 0 Å². The zero-order valence-electron chi connectivity index (χ0n) is 10.5. The monoisotopic (exact) mass is 274 g/mol. The molecule has 0 radical (unpaired) electrons. The lowest BCUT2D eigenvalue weighted by Gasteiger charge is -2.26. The van der Waals surface area contributed by atoms with Gasteiger partial charge in [0.2, 0.25) is 5.91 Å². The van der Waals surface area contributed by atoms with Gasteiger partial charge in [-0.15, -0.1) is 0 Å². The lowest BCUT2D eigenvalue weighted by molar-refractivity contribution is -0.117. The smallest absolute Gasteiger partial charge is 0.247 e. The van der Waals surface area contributed by atoms with E-state index in [9.17, 15) is 13.6 Å². The van der Waals surface area contributed by atoms with Crippen molar-refractivity contribution in [3.05, 3.63) is 59.7 Å². The van der Waals surface area contributed by atoms with Gasteiger partial charge in [-0.1, -0.05) is 18.2 Å². The number of fused-ring (bicyclic) bond motifs is 1. The highest BCUT2D eigenvalue weighted by Gasteiger charge is 2.25. The summed E-state index contributed by atoms with van der Waals surface area (Å²) in [6.07, 6.45) is 0.289. The van der Waals surface area contributed by atoms with Crippen LogP contribution in [-0.2, 0) is 11.2 Å². The van der Waals surface area contributed by atoms with Crippen molar-refractivity contribution in [3.63, 3.8) is 0 Å². The number of benzene rings is 2. The summed E-state index contributed by atoms with van der Waals surface area (Å²) < 4.78 is 26.1. The van der Waals surface area contributed by atoms with E-state index in [2.05, 4.69) is 10.6 Å². The molecule has 0 saturated heterocycles. The maximum Gasteiger partial charge on any atom is 0.247 e. The van der Waals surface area contributed by atoms with Crippen LogP contribution in [0.5, 0.6) is 0 Å². The number of anilines is 2. The molecule has 0 spiro atoms. The van der Waals surface area contributed by atoms with Crippen molar-refractivity contribution >= 4 is 17.3 Å². The van der Waals surface area contributed by atoms with Crippen molar-refractivity contribution in [1.29, 1.82) is 0 Å². The molecule has 2 N–H and O–H groups in total. The van der Waals surface area contributed by atoms with Crippen LogP contribution in [0.3, 0.4) is 0 Å². The molecular weight excluding hydrogens is 262 g/mol. The number of hydrogen-bond acceptors (Lipinski definition) is 2. The molecule has 102 valence electrons. The summed E-state index contributed by atoms with van der Waals surface area (Å²) >= 11 is 0. The molecule has 0 fully saturated rings. The van der Waals surface area contributed by atoms with Gasteiger partial charge in [0.25, 0.3) is 0 Å². The SMILES string of the molecule is O=C1Nc2ccccc2N[C@@H]1Cc1ccc(F)c(F)c1. The third-order valence-corrected chi connectivity index (χ3v) is 3.25. The van der Waals surface area contributed by atoms with Gasteiger partial charge in [0.1, 0.15) is 6.04 Å². The molecule has 1 heterocycles. The largest absolute Gasteiger partial charge is 0.372 e. The van der Waals surface area contributed by atoms with Crippen molar-refractivity contribution < 1.29 is 13.6 Å². The minimum Gasteiger partial charge on any atom is -0.372 e. The standard InChI is InChI=1S/C15H12F2N2O/c16-10-6-5-9(7-11(10)17)8-14-15(20)19-13-4-2-1-3-12(13)18-14/h1-7,14,18H,8H2,(H,19,20)/t14-/m1/s1. The number of hydrogen-bond donors (Lipinski definition) is 2. The Hall–Kier alpha value is -2.43. The van der Waals surface area contributed by atoms with E-state index in [1.54, 1.807) is 6.07 Å². The number of halogens is 2. The second kappa shape index (κ2) is 4.92. The van der Waals surface area contributed by atoms with Gasteiger partial charge in [0, 0.05) is 6.42 Å². The molecule has 0 bridgehead atoms. The van der Waals surface area contributed by atoms with Crippen LogP contribution in [0.1, 0.15) is 5.56 Å². The zero-order chi connectivity index (χ0) is 14.1. The Morgan fingerprint density at radius 2 is 1.75 bits per heavy atom. The normalized spacial score (nSPS) is 17.1. The van der Waals surface area contributed by atoms with E-state index in [-0.39, 0.29) is 12.3 Å². The van der Waals surface area contributed by atoms with Crippen LogP contribution in [0.25, 0.3) is 0 Å². The number of nitrogens with one attached hydrogen (secondary N) is 2. The molecule has 3 rings (SSSR count). The summed E-state index contributed by atoms with van der Waals surface area (Å²) in [5.74, 6) is -1.98. The van der Waals surface area contributed by atoms with E-state index in [1.165, 1.54) is 6.07 Å². The van der Waals surface area contributed by atoms with Gasteiger partial charge < -0.3 is 10.6 Å². The first kappa shape index (κ1) is 12.6. The van der Waals surface area contributed by atoms with Crippen LogP contribution in [0.2, 0.25) is 0 Å². The lowest BCUT2D eigenvalue weighted by atomic mass is 10.0. The average Bonchev–Trinajstić information content (AvgIpc) is 2.44. The van der Waals surface area contributed by atoms with Gasteiger partial charge in [0.05, 0.1) is 11.4 Å². The maximum atomic E-state index is 13.2. The molecule has 1 atom stereocenters. The van der Waals surface area contributed by atoms with E-state index in [1.807, 2.05) is 18.2 Å². The topological polar surface area (TPSA) is 41.1 Å². The predicted molar refractivity (Wildman–Crippen MR) is 72.5 cm³/mol. The van der Waals surface area contributed by atoms with E-state index in [4.69, 9.17) is 0 Å². The molecule has 0 aliphatic carbocycles. The van der Waals surface area contributed by atoms with Crippen LogP contribution in [-0.4, -0.2) is 11.9 Å². The Kier molecular flexibility index (Phi) is 3.10. The summed E-state index contributed by atoms with van der Waals surface area (Å²) in [5, 5.41) is 5.89.